The molecule has 0 spiro atoms. The highest BCUT2D eigenvalue weighted by Gasteiger charge is 2.25. The molecule has 3 rings (SSSR count). The highest BCUT2D eigenvalue weighted by molar-refractivity contribution is 5.84. The summed E-state index contributed by atoms with van der Waals surface area (Å²) in [5.41, 5.74) is 0. The standard InChI is InChI=1S/C20H23NO4/c22-19(21-12-14-5-7-16(8-6-14)20(23)24)13-25-18-10-9-15-3-1-2-4-17(15)11-18/h1-4,9-11,14,16H,5-8,12-13H2,(H,21,22)(H,23,24). The molecule has 2 aromatic rings. The van der Waals surface area contributed by atoms with Crippen LogP contribution in [0.15, 0.2) is 42.5 Å². The lowest BCUT2D eigenvalue weighted by molar-refractivity contribution is -0.143. The Morgan fingerprint density at radius 3 is 2.48 bits per heavy atom. The third-order valence-electron chi connectivity index (χ3n) is 4.87. The molecule has 0 heterocycles. The number of carbonyl (C=O) groups excluding carboxylic acids is 1. The van der Waals surface area contributed by atoms with Gasteiger partial charge < -0.3 is 15.2 Å². The number of ether oxygens (including phenoxy) is 1. The Morgan fingerprint density at radius 1 is 1.04 bits per heavy atom. The van der Waals surface area contributed by atoms with E-state index in [2.05, 4.69) is 5.32 Å². The molecule has 2 aromatic carbocycles. The first-order valence-electron chi connectivity index (χ1n) is 8.73. The summed E-state index contributed by atoms with van der Waals surface area (Å²) in [5.74, 6) is -0.0287. The van der Waals surface area contributed by atoms with Gasteiger partial charge in [0.1, 0.15) is 5.75 Å². The fraction of sp³-hybridized carbons (Fsp3) is 0.400. The fourth-order valence-electron chi connectivity index (χ4n) is 3.33. The molecule has 0 unspecified atom stereocenters. The zero-order chi connectivity index (χ0) is 17.6. The monoisotopic (exact) mass is 341 g/mol. The van der Waals surface area contributed by atoms with Crippen LogP contribution in [0, 0.1) is 11.8 Å². The van der Waals surface area contributed by atoms with Crippen LogP contribution in [0.5, 0.6) is 5.75 Å². The molecule has 0 aliphatic heterocycles. The van der Waals surface area contributed by atoms with Crippen LogP contribution in [-0.4, -0.2) is 30.1 Å². The maximum Gasteiger partial charge on any atom is 0.306 e. The van der Waals surface area contributed by atoms with Crippen LogP contribution in [0.25, 0.3) is 10.8 Å². The van der Waals surface area contributed by atoms with Crippen LogP contribution < -0.4 is 10.1 Å². The molecule has 0 aromatic heterocycles. The van der Waals surface area contributed by atoms with Gasteiger partial charge in [-0.15, -0.1) is 0 Å². The molecular weight excluding hydrogens is 318 g/mol. The first-order chi connectivity index (χ1) is 12.1. The maximum absolute atomic E-state index is 12.0. The number of hydrogen-bond acceptors (Lipinski definition) is 3. The first kappa shape index (κ1) is 17.3. The molecule has 1 aliphatic rings. The number of rotatable bonds is 6. The van der Waals surface area contributed by atoms with Gasteiger partial charge in [0.2, 0.25) is 0 Å². The van der Waals surface area contributed by atoms with Gasteiger partial charge in [0.05, 0.1) is 5.92 Å². The lowest BCUT2D eigenvalue weighted by Gasteiger charge is -2.26. The van der Waals surface area contributed by atoms with Crippen LogP contribution in [0.3, 0.4) is 0 Å². The molecule has 5 heteroatoms. The zero-order valence-corrected chi connectivity index (χ0v) is 14.1. The SMILES string of the molecule is O=C(COc1ccc2ccccc2c1)NCC1CCC(C(=O)O)CC1. The number of hydrogen-bond donors (Lipinski definition) is 2. The number of nitrogens with one attached hydrogen (secondary N) is 1. The van der Waals surface area contributed by atoms with E-state index < -0.39 is 5.97 Å². The maximum atomic E-state index is 12.0. The fourth-order valence-corrected chi connectivity index (χ4v) is 3.33. The summed E-state index contributed by atoms with van der Waals surface area (Å²) in [5, 5.41) is 14.1. The molecule has 132 valence electrons. The van der Waals surface area contributed by atoms with Crippen molar-refractivity contribution in [2.75, 3.05) is 13.2 Å². The van der Waals surface area contributed by atoms with Crippen LogP contribution in [0.1, 0.15) is 25.7 Å². The number of fused-ring (bicyclic) bond motifs is 1. The van der Waals surface area contributed by atoms with Crippen molar-refractivity contribution in [3.8, 4) is 5.75 Å². The van der Waals surface area contributed by atoms with Crippen LogP contribution in [-0.2, 0) is 9.59 Å². The predicted molar refractivity (Wildman–Crippen MR) is 95.5 cm³/mol. The predicted octanol–water partition coefficient (Wildman–Crippen LogP) is 3.23. The van der Waals surface area contributed by atoms with Gasteiger partial charge in [0.25, 0.3) is 5.91 Å². The summed E-state index contributed by atoms with van der Waals surface area (Å²) in [6.07, 6.45) is 3.10. The van der Waals surface area contributed by atoms with Gasteiger partial charge in [-0.05, 0) is 54.5 Å². The summed E-state index contributed by atoms with van der Waals surface area (Å²) in [7, 11) is 0. The molecule has 2 N–H and O–H groups in total. The highest BCUT2D eigenvalue weighted by atomic mass is 16.5. The summed E-state index contributed by atoms with van der Waals surface area (Å²) < 4.78 is 5.57. The molecule has 1 amide bonds. The average molecular weight is 341 g/mol. The molecule has 25 heavy (non-hydrogen) atoms. The Balaban J connectivity index is 1.41. The topological polar surface area (TPSA) is 75.6 Å². The van der Waals surface area contributed by atoms with E-state index in [4.69, 9.17) is 9.84 Å². The number of benzene rings is 2. The van der Waals surface area contributed by atoms with Gasteiger partial charge in [-0.1, -0.05) is 30.3 Å². The Morgan fingerprint density at radius 2 is 1.76 bits per heavy atom. The van der Waals surface area contributed by atoms with E-state index in [9.17, 15) is 9.59 Å². The van der Waals surface area contributed by atoms with Crippen molar-refractivity contribution < 1.29 is 19.4 Å². The summed E-state index contributed by atoms with van der Waals surface area (Å²) in [4.78, 5) is 22.9. The number of carboxylic acid groups (broad SMARTS) is 1. The van der Waals surface area contributed by atoms with Gasteiger partial charge >= 0.3 is 5.97 Å². The Labute approximate surface area is 147 Å². The van der Waals surface area contributed by atoms with Crippen molar-refractivity contribution in [1.29, 1.82) is 0 Å². The van der Waals surface area contributed by atoms with E-state index in [1.807, 2.05) is 42.5 Å². The van der Waals surface area contributed by atoms with Crippen molar-refractivity contribution in [1.82, 2.24) is 5.32 Å². The van der Waals surface area contributed by atoms with Crippen LogP contribution in [0.4, 0.5) is 0 Å². The van der Waals surface area contributed by atoms with Crippen molar-refractivity contribution in [3.05, 3.63) is 42.5 Å². The number of aliphatic carboxylic acids is 1. The van der Waals surface area contributed by atoms with E-state index >= 15 is 0 Å². The lowest BCUT2D eigenvalue weighted by Crippen LogP contribution is -2.35. The van der Waals surface area contributed by atoms with E-state index in [0.717, 1.165) is 23.6 Å². The van der Waals surface area contributed by atoms with Crippen molar-refractivity contribution in [3.63, 3.8) is 0 Å². The van der Waals surface area contributed by atoms with E-state index in [1.54, 1.807) is 0 Å². The molecule has 1 saturated carbocycles. The van der Waals surface area contributed by atoms with Crippen LogP contribution in [0.2, 0.25) is 0 Å². The summed E-state index contributed by atoms with van der Waals surface area (Å²) in [6, 6.07) is 13.8. The van der Waals surface area contributed by atoms with E-state index in [1.165, 1.54) is 0 Å². The molecule has 0 atom stereocenters. The second-order valence-electron chi connectivity index (χ2n) is 6.66. The molecule has 1 fully saturated rings. The summed E-state index contributed by atoms with van der Waals surface area (Å²) in [6.45, 7) is 0.578. The second-order valence-corrected chi connectivity index (χ2v) is 6.66. The molecule has 1 aliphatic carbocycles. The third kappa shape index (κ3) is 4.72. The first-order valence-corrected chi connectivity index (χ1v) is 8.73. The molecule has 0 radical (unpaired) electrons. The largest absolute Gasteiger partial charge is 0.484 e. The van der Waals surface area contributed by atoms with Gasteiger partial charge in [0.15, 0.2) is 6.61 Å². The molecule has 5 nitrogen and oxygen atoms in total. The van der Waals surface area contributed by atoms with E-state index in [0.29, 0.717) is 31.1 Å². The smallest absolute Gasteiger partial charge is 0.306 e. The minimum atomic E-state index is -0.703. The normalized spacial score (nSPS) is 20.2. The number of carbonyl (C=O) groups is 2. The third-order valence-corrected chi connectivity index (χ3v) is 4.87. The zero-order valence-electron chi connectivity index (χ0n) is 14.1. The van der Waals surface area contributed by atoms with Crippen molar-refractivity contribution in [2.24, 2.45) is 11.8 Å². The van der Waals surface area contributed by atoms with Gasteiger partial charge in [-0.25, -0.2) is 0 Å². The van der Waals surface area contributed by atoms with Gasteiger partial charge in [-0.3, -0.25) is 9.59 Å². The lowest BCUT2D eigenvalue weighted by atomic mass is 9.82. The van der Waals surface area contributed by atoms with Crippen molar-refractivity contribution in [2.45, 2.75) is 25.7 Å². The molecular formula is C20H23NO4. The highest BCUT2D eigenvalue weighted by Crippen LogP contribution is 2.28. The average Bonchev–Trinajstić information content (AvgIpc) is 2.65. The van der Waals surface area contributed by atoms with Crippen molar-refractivity contribution >= 4 is 22.6 Å². The minimum Gasteiger partial charge on any atom is -0.484 e. The van der Waals surface area contributed by atoms with Gasteiger partial charge in [0, 0.05) is 6.54 Å². The second kappa shape index (κ2) is 8.01. The Bertz CT molecular complexity index is 750. The number of carboxylic acids is 1. The van der Waals surface area contributed by atoms with Gasteiger partial charge in [-0.2, -0.15) is 0 Å². The van der Waals surface area contributed by atoms with Crippen LogP contribution >= 0.6 is 0 Å². The Hall–Kier alpha value is -2.56. The summed E-state index contributed by atoms with van der Waals surface area (Å²) >= 11 is 0. The number of amides is 1. The van der Waals surface area contributed by atoms with E-state index in [-0.39, 0.29) is 18.4 Å². The molecule has 0 saturated heterocycles. The molecule has 0 bridgehead atoms. The minimum absolute atomic E-state index is 0.0111. The Kier molecular flexibility index (Phi) is 5.53. The quantitative estimate of drug-likeness (QED) is 0.846.